The van der Waals surface area contributed by atoms with E-state index in [9.17, 15) is 4.79 Å². The van der Waals surface area contributed by atoms with Gasteiger partial charge in [0.15, 0.2) is 0 Å². The average molecular weight is 284 g/mol. The summed E-state index contributed by atoms with van der Waals surface area (Å²) in [5.41, 5.74) is 0.963. The molecule has 2 aromatic heterocycles. The van der Waals surface area contributed by atoms with E-state index < -0.39 is 5.56 Å². The van der Waals surface area contributed by atoms with E-state index >= 15 is 0 Å². The quantitative estimate of drug-likeness (QED) is 0.754. The predicted molar refractivity (Wildman–Crippen MR) is 71.2 cm³/mol. The van der Waals surface area contributed by atoms with Crippen molar-refractivity contribution < 1.29 is 5.11 Å². The fraction of sp³-hybridized carbons (Fsp3) is 0.364. The second-order valence-electron chi connectivity index (χ2n) is 4.02. The second kappa shape index (κ2) is 5.85. The fourth-order valence-electron chi connectivity index (χ4n) is 1.63. The zero-order chi connectivity index (χ0) is 13.8. The molecule has 2 aromatic rings. The first-order valence-corrected chi connectivity index (χ1v) is 6.13. The molecule has 0 aliphatic rings. The first-order valence-electron chi connectivity index (χ1n) is 5.75. The van der Waals surface area contributed by atoms with Crippen LogP contribution in [0.3, 0.4) is 0 Å². The van der Waals surface area contributed by atoms with Crippen LogP contribution >= 0.6 is 11.6 Å². The Labute approximate surface area is 114 Å². The van der Waals surface area contributed by atoms with Crippen LogP contribution in [0.4, 0.5) is 5.69 Å². The summed E-state index contributed by atoms with van der Waals surface area (Å²) in [5.74, 6) is 0. The first-order chi connectivity index (χ1) is 9.13. The Morgan fingerprint density at radius 3 is 3.00 bits per heavy atom. The Morgan fingerprint density at radius 1 is 1.58 bits per heavy atom. The number of hydrogen-bond acceptors (Lipinski definition) is 5. The largest absolute Gasteiger partial charge is 0.394 e. The summed E-state index contributed by atoms with van der Waals surface area (Å²) in [6.45, 7) is 1.87. The molecule has 2 rings (SSSR count). The van der Waals surface area contributed by atoms with Crippen molar-refractivity contribution in [1.29, 1.82) is 0 Å². The van der Waals surface area contributed by atoms with Gasteiger partial charge in [0.05, 0.1) is 37.3 Å². The van der Waals surface area contributed by atoms with Crippen LogP contribution in [-0.2, 0) is 6.54 Å². The second-order valence-corrected chi connectivity index (χ2v) is 4.40. The van der Waals surface area contributed by atoms with Crippen molar-refractivity contribution in [2.24, 2.45) is 0 Å². The van der Waals surface area contributed by atoms with Gasteiger partial charge in [0, 0.05) is 11.8 Å². The van der Waals surface area contributed by atoms with Crippen molar-refractivity contribution in [3.8, 4) is 0 Å². The van der Waals surface area contributed by atoms with Gasteiger partial charge in [-0.05, 0) is 6.92 Å². The van der Waals surface area contributed by atoms with E-state index in [4.69, 9.17) is 16.7 Å². The molecule has 3 N–H and O–H groups in total. The maximum absolute atomic E-state index is 11.8. The highest BCUT2D eigenvalue weighted by molar-refractivity contribution is 6.32. The molecule has 0 amide bonds. The van der Waals surface area contributed by atoms with Gasteiger partial charge in [0.1, 0.15) is 5.02 Å². The normalized spacial score (nSPS) is 12.4. The van der Waals surface area contributed by atoms with Crippen LogP contribution in [0.2, 0.25) is 5.02 Å². The third-order valence-electron chi connectivity index (χ3n) is 2.69. The molecule has 7 nitrogen and oxygen atoms in total. The van der Waals surface area contributed by atoms with Gasteiger partial charge in [0.2, 0.25) is 0 Å². The van der Waals surface area contributed by atoms with Crippen molar-refractivity contribution in [2.45, 2.75) is 19.5 Å². The van der Waals surface area contributed by atoms with E-state index in [1.807, 2.05) is 6.92 Å². The van der Waals surface area contributed by atoms with Gasteiger partial charge in [-0.2, -0.15) is 10.2 Å². The highest BCUT2D eigenvalue weighted by Crippen LogP contribution is 2.21. The minimum Gasteiger partial charge on any atom is -0.394 e. The van der Waals surface area contributed by atoms with Crippen molar-refractivity contribution in [2.75, 3.05) is 11.9 Å². The number of rotatable bonds is 5. The van der Waals surface area contributed by atoms with Gasteiger partial charge in [-0.15, -0.1) is 0 Å². The summed E-state index contributed by atoms with van der Waals surface area (Å²) in [6.07, 6.45) is 4.91. The maximum atomic E-state index is 11.8. The maximum Gasteiger partial charge on any atom is 0.287 e. The molecule has 0 bridgehead atoms. The Kier molecular flexibility index (Phi) is 4.18. The Morgan fingerprint density at radius 2 is 2.37 bits per heavy atom. The Bertz CT molecular complexity index is 596. The van der Waals surface area contributed by atoms with Crippen LogP contribution in [0.1, 0.15) is 18.5 Å². The van der Waals surface area contributed by atoms with Gasteiger partial charge in [0.25, 0.3) is 5.56 Å². The highest BCUT2D eigenvalue weighted by atomic mass is 35.5. The molecule has 19 heavy (non-hydrogen) atoms. The molecule has 0 fully saturated rings. The molecule has 8 heteroatoms. The lowest BCUT2D eigenvalue weighted by molar-refractivity contribution is 0.266. The lowest BCUT2D eigenvalue weighted by Gasteiger charge is -2.14. The van der Waals surface area contributed by atoms with Gasteiger partial charge < -0.3 is 10.4 Å². The van der Waals surface area contributed by atoms with Crippen molar-refractivity contribution in [3.05, 3.63) is 39.5 Å². The first kappa shape index (κ1) is 13.6. The number of aliphatic hydroxyl groups is 1. The topological polar surface area (TPSA) is 95.8 Å². The van der Waals surface area contributed by atoms with Gasteiger partial charge in [-0.3, -0.25) is 9.89 Å². The number of aromatic amines is 1. The number of nitrogens with zero attached hydrogens (tertiary/aromatic N) is 3. The molecular formula is C11H14ClN5O2. The minimum absolute atomic E-state index is 0.0544. The zero-order valence-corrected chi connectivity index (χ0v) is 11.1. The van der Waals surface area contributed by atoms with Crippen LogP contribution in [0, 0.1) is 0 Å². The fourth-order valence-corrected chi connectivity index (χ4v) is 1.83. The lowest BCUT2D eigenvalue weighted by Crippen LogP contribution is -2.26. The molecule has 0 aliphatic carbocycles. The molecule has 0 aromatic carbocycles. The minimum atomic E-state index is -0.430. The van der Waals surface area contributed by atoms with Crippen LogP contribution in [0.15, 0.2) is 23.4 Å². The lowest BCUT2D eigenvalue weighted by atomic mass is 10.2. The van der Waals surface area contributed by atoms with Gasteiger partial charge in [-0.1, -0.05) is 11.6 Å². The highest BCUT2D eigenvalue weighted by Gasteiger charge is 2.12. The SMILES string of the molecule is CC(Nc1cnn(CCO)c(=O)c1Cl)c1cn[nH]c1. The number of halogens is 1. The molecule has 1 unspecified atom stereocenters. The summed E-state index contributed by atoms with van der Waals surface area (Å²) < 4.78 is 1.12. The van der Waals surface area contributed by atoms with E-state index in [-0.39, 0.29) is 24.2 Å². The summed E-state index contributed by atoms with van der Waals surface area (Å²) >= 11 is 6.00. The van der Waals surface area contributed by atoms with E-state index in [0.29, 0.717) is 5.69 Å². The molecule has 1 atom stereocenters. The molecule has 0 radical (unpaired) electrons. The third-order valence-corrected chi connectivity index (χ3v) is 3.05. The summed E-state index contributed by atoms with van der Waals surface area (Å²) in [4.78, 5) is 11.8. The summed E-state index contributed by atoms with van der Waals surface area (Å²) in [5, 5.41) is 22.5. The Balaban J connectivity index is 2.22. The molecule has 102 valence electrons. The van der Waals surface area contributed by atoms with Gasteiger partial charge in [-0.25, -0.2) is 4.68 Å². The molecule has 2 heterocycles. The number of H-pyrrole nitrogens is 1. The van der Waals surface area contributed by atoms with Crippen molar-refractivity contribution >= 4 is 17.3 Å². The molecule has 0 spiro atoms. The molecular weight excluding hydrogens is 270 g/mol. The van der Waals surface area contributed by atoms with Crippen LogP contribution < -0.4 is 10.9 Å². The monoisotopic (exact) mass is 283 g/mol. The number of nitrogens with one attached hydrogen (secondary N) is 2. The predicted octanol–water partition coefficient (Wildman–Crippen LogP) is 0.785. The summed E-state index contributed by atoms with van der Waals surface area (Å²) in [7, 11) is 0. The zero-order valence-electron chi connectivity index (χ0n) is 10.3. The number of hydrogen-bond donors (Lipinski definition) is 3. The smallest absolute Gasteiger partial charge is 0.287 e. The van der Waals surface area contributed by atoms with Crippen LogP contribution in [0.25, 0.3) is 0 Å². The van der Waals surface area contributed by atoms with Crippen LogP contribution in [-0.4, -0.2) is 31.7 Å². The van der Waals surface area contributed by atoms with E-state index in [1.54, 1.807) is 12.4 Å². The van der Waals surface area contributed by atoms with Crippen LogP contribution in [0.5, 0.6) is 0 Å². The van der Waals surface area contributed by atoms with E-state index in [2.05, 4.69) is 20.6 Å². The number of aromatic nitrogens is 4. The number of anilines is 1. The van der Waals surface area contributed by atoms with E-state index in [1.165, 1.54) is 6.20 Å². The van der Waals surface area contributed by atoms with Crippen molar-refractivity contribution in [3.63, 3.8) is 0 Å². The average Bonchev–Trinajstić information content (AvgIpc) is 2.92. The van der Waals surface area contributed by atoms with E-state index in [0.717, 1.165) is 10.2 Å². The third kappa shape index (κ3) is 2.94. The molecule has 0 saturated carbocycles. The molecule has 0 aliphatic heterocycles. The van der Waals surface area contributed by atoms with Crippen molar-refractivity contribution in [1.82, 2.24) is 20.0 Å². The summed E-state index contributed by atoms with van der Waals surface area (Å²) in [6, 6.07) is -0.0638. The van der Waals surface area contributed by atoms with Gasteiger partial charge >= 0.3 is 0 Å². The Hall–Kier alpha value is -1.86. The number of aliphatic hydroxyl groups excluding tert-OH is 1. The molecule has 0 saturated heterocycles. The standard InChI is InChI=1S/C11H14ClN5O2/c1-7(8-4-13-14-5-8)16-9-6-15-17(2-3-18)11(19)10(9)12/h4-7,16,18H,2-3H2,1H3,(H,13,14).